The summed E-state index contributed by atoms with van der Waals surface area (Å²) in [5, 5.41) is 17.8. The third kappa shape index (κ3) is 4.24. The molecule has 0 aliphatic heterocycles. The normalized spacial score (nSPS) is 13.0. The van der Waals surface area contributed by atoms with Gasteiger partial charge in [-0.05, 0) is 6.42 Å². The number of imidazole rings is 1. The van der Waals surface area contributed by atoms with Crippen LogP contribution >= 0.6 is 11.8 Å². The van der Waals surface area contributed by atoms with E-state index < -0.39 is 6.10 Å². The molecule has 0 radical (unpaired) electrons. The molecule has 2 N–H and O–H groups in total. The molecule has 15 heavy (non-hydrogen) atoms. The zero-order chi connectivity index (χ0) is 11.1. The minimum Gasteiger partial charge on any atom is -0.394 e. The molecule has 0 fully saturated rings. The van der Waals surface area contributed by atoms with Gasteiger partial charge in [0.1, 0.15) is 0 Å². The van der Waals surface area contributed by atoms with Crippen molar-refractivity contribution in [1.29, 1.82) is 0 Å². The standard InChI is InChI=1S/C10H18N2O2S/c1-2-3-12-8-11-4-9(12)6-15-7-10(14)5-13/h4,8,10,13-14H,2-3,5-7H2,1H3. The maximum atomic E-state index is 9.17. The fourth-order valence-electron chi connectivity index (χ4n) is 1.26. The molecular formula is C10H18N2O2S. The van der Waals surface area contributed by atoms with Gasteiger partial charge in [0.15, 0.2) is 0 Å². The number of aryl methyl sites for hydroxylation is 1. The first-order valence-electron chi connectivity index (χ1n) is 5.13. The molecule has 1 aromatic rings. The average molecular weight is 230 g/mol. The first kappa shape index (κ1) is 12.5. The van der Waals surface area contributed by atoms with Crippen LogP contribution in [0.1, 0.15) is 19.0 Å². The Morgan fingerprint density at radius 2 is 2.40 bits per heavy atom. The minimum absolute atomic E-state index is 0.165. The van der Waals surface area contributed by atoms with Crippen molar-refractivity contribution in [3.8, 4) is 0 Å². The maximum absolute atomic E-state index is 9.17. The van der Waals surface area contributed by atoms with Crippen LogP contribution in [0.2, 0.25) is 0 Å². The predicted molar refractivity (Wildman–Crippen MR) is 61.8 cm³/mol. The van der Waals surface area contributed by atoms with Crippen LogP contribution in [0.3, 0.4) is 0 Å². The molecule has 0 amide bonds. The minimum atomic E-state index is -0.613. The number of hydrogen-bond donors (Lipinski definition) is 2. The zero-order valence-corrected chi connectivity index (χ0v) is 9.78. The molecule has 1 aromatic heterocycles. The first-order chi connectivity index (χ1) is 7.27. The van der Waals surface area contributed by atoms with E-state index >= 15 is 0 Å². The molecule has 0 aliphatic carbocycles. The van der Waals surface area contributed by atoms with Gasteiger partial charge in [-0.1, -0.05) is 6.92 Å². The predicted octanol–water partition coefficient (Wildman–Crippen LogP) is 0.879. The van der Waals surface area contributed by atoms with Crippen molar-refractivity contribution in [3.05, 3.63) is 18.2 Å². The van der Waals surface area contributed by atoms with Crippen LogP contribution in [-0.4, -0.2) is 38.2 Å². The highest BCUT2D eigenvalue weighted by molar-refractivity contribution is 7.98. The number of nitrogens with zero attached hydrogens (tertiary/aromatic N) is 2. The van der Waals surface area contributed by atoms with Gasteiger partial charge in [0.2, 0.25) is 0 Å². The lowest BCUT2D eigenvalue weighted by atomic mass is 10.4. The van der Waals surface area contributed by atoms with Gasteiger partial charge in [0.05, 0.1) is 19.0 Å². The molecule has 5 heteroatoms. The summed E-state index contributed by atoms with van der Waals surface area (Å²) < 4.78 is 2.12. The van der Waals surface area contributed by atoms with E-state index in [1.807, 2.05) is 12.5 Å². The summed E-state index contributed by atoms with van der Waals surface area (Å²) in [6.45, 7) is 2.95. The number of hydrogen-bond acceptors (Lipinski definition) is 4. The molecule has 1 heterocycles. The number of aromatic nitrogens is 2. The van der Waals surface area contributed by atoms with Crippen molar-refractivity contribution in [1.82, 2.24) is 9.55 Å². The van der Waals surface area contributed by atoms with Gasteiger partial charge < -0.3 is 14.8 Å². The van der Waals surface area contributed by atoms with Gasteiger partial charge in [0.25, 0.3) is 0 Å². The van der Waals surface area contributed by atoms with E-state index in [0.29, 0.717) is 5.75 Å². The molecule has 86 valence electrons. The summed E-state index contributed by atoms with van der Waals surface area (Å²) in [7, 11) is 0. The van der Waals surface area contributed by atoms with Crippen molar-refractivity contribution in [2.24, 2.45) is 0 Å². The van der Waals surface area contributed by atoms with E-state index in [9.17, 15) is 0 Å². The van der Waals surface area contributed by atoms with Crippen molar-refractivity contribution in [2.75, 3.05) is 12.4 Å². The average Bonchev–Trinajstić information content (AvgIpc) is 2.66. The van der Waals surface area contributed by atoms with Crippen LogP contribution in [0.25, 0.3) is 0 Å². The van der Waals surface area contributed by atoms with Gasteiger partial charge in [-0.15, -0.1) is 0 Å². The van der Waals surface area contributed by atoms with Crippen LogP contribution in [-0.2, 0) is 12.3 Å². The van der Waals surface area contributed by atoms with Crippen LogP contribution < -0.4 is 0 Å². The summed E-state index contributed by atoms with van der Waals surface area (Å²) >= 11 is 1.61. The summed E-state index contributed by atoms with van der Waals surface area (Å²) in [5.41, 5.74) is 1.17. The fourth-order valence-corrected chi connectivity index (χ4v) is 2.21. The first-order valence-corrected chi connectivity index (χ1v) is 6.29. The zero-order valence-electron chi connectivity index (χ0n) is 8.96. The Hall–Kier alpha value is -0.520. The Balaban J connectivity index is 2.33. The van der Waals surface area contributed by atoms with Crippen molar-refractivity contribution < 1.29 is 10.2 Å². The Morgan fingerprint density at radius 3 is 3.07 bits per heavy atom. The van der Waals surface area contributed by atoms with Crippen molar-refractivity contribution in [3.63, 3.8) is 0 Å². The van der Waals surface area contributed by atoms with E-state index in [2.05, 4.69) is 16.5 Å². The summed E-state index contributed by atoms with van der Waals surface area (Å²) in [4.78, 5) is 4.10. The number of aliphatic hydroxyl groups is 2. The van der Waals surface area contributed by atoms with E-state index in [1.165, 1.54) is 5.69 Å². The van der Waals surface area contributed by atoms with Crippen LogP contribution in [0, 0.1) is 0 Å². The van der Waals surface area contributed by atoms with E-state index in [0.717, 1.165) is 18.7 Å². The Morgan fingerprint density at radius 1 is 1.60 bits per heavy atom. The Labute approximate surface area is 94.3 Å². The van der Waals surface area contributed by atoms with E-state index in [4.69, 9.17) is 10.2 Å². The largest absolute Gasteiger partial charge is 0.394 e. The molecule has 4 nitrogen and oxygen atoms in total. The number of rotatable bonds is 7. The van der Waals surface area contributed by atoms with Gasteiger partial charge in [-0.3, -0.25) is 0 Å². The van der Waals surface area contributed by atoms with Gasteiger partial charge in [-0.25, -0.2) is 4.98 Å². The molecule has 0 saturated carbocycles. The highest BCUT2D eigenvalue weighted by atomic mass is 32.2. The highest BCUT2D eigenvalue weighted by Gasteiger charge is 2.04. The molecule has 1 rings (SSSR count). The third-order valence-corrected chi connectivity index (χ3v) is 3.15. The molecule has 0 spiro atoms. The third-order valence-electron chi connectivity index (χ3n) is 2.03. The van der Waals surface area contributed by atoms with Gasteiger partial charge in [0, 0.05) is 29.9 Å². The summed E-state index contributed by atoms with van der Waals surface area (Å²) in [6.07, 6.45) is 4.17. The molecule has 1 unspecified atom stereocenters. The van der Waals surface area contributed by atoms with Crippen LogP contribution in [0.4, 0.5) is 0 Å². The summed E-state index contributed by atoms with van der Waals surface area (Å²) in [6, 6.07) is 0. The van der Waals surface area contributed by atoms with E-state index in [1.54, 1.807) is 11.8 Å². The molecule has 0 saturated heterocycles. The maximum Gasteiger partial charge on any atom is 0.0948 e. The van der Waals surface area contributed by atoms with Crippen molar-refractivity contribution >= 4 is 11.8 Å². The lowest BCUT2D eigenvalue weighted by Gasteiger charge is -2.08. The van der Waals surface area contributed by atoms with E-state index in [-0.39, 0.29) is 6.61 Å². The summed E-state index contributed by atoms with van der Waals surface area (Å²) in [5.74, 6) is 1.39. The smallest absolute Gasteiger partial charge is 0.0948 e. The Kier molecular flexibility index (Phi) is 5.75. The highest BCUT2D eigenvalue weighted by Crippen LogP contribution is 2.13. The second-order valence-corrected chi connectivity index (χ2v) is 4.46. The molecule has 0 aromatic carbocycles. The molecular weight excluding hydrogens is 212 g/mol. The number of aliphatic hydroxyl groups excluding tert-OH is 2. The molecule has 1 atom stereocenters. The van der Waals surface area contributed by atoms with Crippen molar-refractivity contribution in [2.45, 2.75) is 31.7 Å². The second kappa shape index (κ2) is 6.87. The van der Waals surface area contributed by atoms with Gasteiger partial charge >= 0.3 is 0 Å². The van der Waals surface area contributed by atoms with Crippen LogP contribution in [0.15, 0.2) is 12.5 Å². The number of thioether (sulfide) groups is 1. The monoisotopic (exact) mass is 230 g/mol. The molecule has 0 aliphatic rings. The quantitative estimate of drug-likeness (QED) is 0.730. The topological polar surface area (TPSA) is 58.3 Å². The second-order valence-electron chi connectivity index (χ2n) is 3.43. The van der Waals surface area contributed by atoms with Crippen LogP contribution in [0.5, 0.6) is 0 Å². The SMILES string of the molecule is CCCn1cncc1CSCC(O)CO. The lowest BCUT2D eigenvalue weighted by molar-refractivity contribution is 0.113. The lowest BCUT2D eigenvalue weighted by Crippen LogP contribution is -2.15. The fraction of sp³-hybridized carbons (Fsp3) is 0.700. The van der Waals surface area contributed by atoms with Gasteiger partial charge in [-0.2, -0.15) is 11.8 Å². The molecule has 0 bridgehead atoms. The Bertz CT molecular complexity index is 278.